The summed E-state index contributed by atoms with van der Waals surface area (Å²) >= 11 is 0. The smallest absolute Gasteiger partial charge is 0.147 e. The molecule has 0 spiro atoms. The summed E-state index contributed by atoms with van der Waals surface area (Å²) in [5, 5.41) is 12.3. The van der Waals surface area contributed by atoms with Gasteiger partial charge in [0.25, 0.3) is 0 Å². The van der Waals surface area contributed by atoms with Crippen LogP contribution in [0, 0.1) is 0 Å². The van der Waals surface area contributed by atoms with Crippen LogP contribution in [-0.2, 0) is 9.71 Å². The van der Waals surface area contributed by atoms with E-state index in [4.69, 9.17) is 0 Å². The zero-order chi connectivity index (χ0) is 23.3. The second kappa shape index (κ2) is 5.01. The molecule has 0 atom stereocenters. The zero-order valence-electron chi connectivity index (χ0n) is 22.6. The van der Waals surface area contributed by atoms with Crippen LogP contribution in [-0.4, -0.2) is 8.80 Å². The number of H-pyrrole nitrogens is 1. The predicted octanol–water partition coefficient (Wildman–Crippen LogP) is 10.2. The van der Waals surface area contributed by atoms with Crippen molar-refractivity contribution in [2.75, 3.05) is 0 Å². The Morgan fingerprint density at radius 3 is 1.72 bits per heavy atom. The maximum atomic E-state index is 4.09. The Bertz CT molecular complexity index is 1340. The van der Waals surface area contributed by atoms with Crippen LogP contribution in [0.5, 0.6) is 0 Å². The number of para-hydroxylation sites is 1. The number of nitrogens with one attached hydrogen (secondary N) is 1. The Balaban J connectivity index is 0.00000256. The number of fused-ring (bicyclic) bond motifs is 1. The fourth-order valence-corrected chi connectivity index (χ4v) is 31.5. The fourth-order valence-electron chi connectivity index (χ4n) is 8.60. The molecule has 1 aliphatic rings. The Kier molecular flexibility index (Phi) is 4.61. The van der Waals surface area contributed by atoms with Crippen molar-refractivity contribution in [3.8, 4) is 0 Å². The van der Waals surface area contributed by atoms with Crippen LogP contribution in [0.1, 0.15) is 61.8 Å². The average Bonchev–Trinajstić information content (AvgIpc) is 3.24. The van der Waals surface area contributed by atoms with Crippen LogP contribution in [0.15, 0.2) is 52.4 Å². The van der Waals surface area contributed by atoms with Crippen LogP contribution in [0.2, 0.25) is 28.4 Å². The zero-order valence-corrected chi connectivity index (χ0v) is 25.8. The molecule has 184 valence electrons. The molecule has 0 fully saturated rings. The molecule has 0 radical (unpaired) electrons. The van der Waals surface area contributed by atoms with E-state index in [1.54, 1.807) is 3.88 Å². The van der Waals surface area contributed by atoms with Gasteiger partial charge in [0.1, 0.15) is 0 Å². The van der Waals surface area contributed by atoms with E-state index in [-0.39, 0.29) is 32.3 Å². The van der Waals surface area contributed by atoms with E-state index in [1.165, 1.54) is 18.7 Å². The minimum absolute atomic E-state index is 0. The minimum atomic E-state index is -6.17. The molecule has 4 heteroatoms. The number of hydrogen-bond donors (Lipinski definition) is 1. The summed E-state index contributed by atoms with van der Waals surface area (Å²) < 4.78 is 4.30. The Hall–Kier alpha value is -0.596. The molecular formula is C28H49Cl2NTi. The van der Waals surface area contributed by atoms with Crippen LogP contribution in [0.3, 0.4) is 0 Å². The molecule has 3 rings (SSSR count). The third-order valence-corrected chi connectivity index (χ3v) is 67.4. The van der Waals surface area contributed by atoms with Gasteiger partial charge in [-0.1, -0.05) is 0 Å². The van der Waals surface area contributed by atoms with E-state index in [0.29, 0.717) is 0 Å². The van der Waals surface area contributed by atoms with Gasteiger partial charge in [0, 0.05) is 0 Å². The first-order valence-corrected chi connectivity index (χ1v) is 22.0. The summed E-state index contributed by atoms with van der Waals surface area (Å²) in [7, 11) is -6.17. The number of hydrogen-bond acceptors (Lipinski definition) is 0. The summed E-state index contributed by atoms with van der Waals surface area (Å²) in [5.74, 6) is 0. The second-order valence-electron chi connectivity index (χ2n) is 18.3. The van der Waals surface area contributed by atoms with E-state index in [0.717, 1.165) is 6.42 Å². The van der Waals surface area contributed by atoms with E-state index in [2.05, 4.69) is 130 Å². The van der Waals surface area contributed by atoms with E-state index >= 15 is 0 Å². The Morgan fingerprint density at radius 2 is 1.34 bits per heavy atom. The van der Waals surface area contributed by atoms with Crippen molar-refractivity contribution in [2.24, 2.45) is 0 Å². The normalized spacial score (nSPS) is 21.4. The molecular weight excluding hydrogens is 469 g/mol. The minimum Gasteiger partial charge on any atom is -0.147 e. The molecule has 1 heterocycles. The van der Waals surface area contributed by atoms with E-state index in [1.807, 2.05) is 0 Å². The van der Waals surface area contributed by atoms with Crippen molar-refractivity contribution in [3.05, 3.63) is 52.4 Å². The fraction of sp³-hybridized carbons (Fsp3) is 0.536. The Morgan fingerprint density at radius 1 is 0.844 bits per heavy atom. The molecule has 0 saturated heterocycles. The molecule has 1 aromatic carbocycles. The van der Waals surface area contributed by atoms with Gasteiger partial charge in [0.15, 0.2) is 0 Å². The van der Waals surface area contributed by atoms with Crippen molar-refractivity contribution in [2.45, 2.75) is 90.2 Å². The first-order chi connectivity index (χ1) is 13.0. The summed E-state index contributed by atoms with van der Waals surface area (Å²) in [6.07, 6.45) is 8.10. The average molecular weight is 518 g/mol. The number of allylic oxidation sites excluding steroid dienone is 4. The molecule has 0 bridgehead atoms. The van der Waals surface area contributed by atoms with Crippen molar-refractivity contribution < 1.29 is 9.71 Å². The first kappa shape index (κ1) is 29.4. The predicted molar refractivity (Wildman–Crippen MR) is 154 cm³/mol. The van der Waals surface area contributed by atoms with Gasteiger partial charge in [-0.2, -0.15) is 0 Å². The monoisotopic (exact) mass is 517 g/mol. The summed E-state index contributed by atoms with van der Waals surface area (Å²) in [5.41, 5.74) is 1.22. The van der Waals surface area contributed by atoms with Crippen molar-refractivity contribution in [1.29, 1.82) is 0 Å². The van der Waals surface area contributed by atoms with E-state index < -0.39 is 9.71 Å². The largest absolute Gasteiger partial charge is 0.147 e. The molecule has 0 amide bonds. The molecule has 1 aliphatic carbocycles. The number of benzene rings is 1. The number of aromatic nitrogens is 1. The maximum Gasteiger partial charge on any atom is -0.147 e. The molecule has 1 nitrogen and oxygen atoms in total. The van der Waals surface area contributed by atoms with Crippen LogP contribution in [0.4, 0.5) is 0 Å². The Labute approximate surface area is 199 Å². The molecule has 32 heavy (non-hydrogen) atoms. The van der Waals surface area contributed by atoms with Crippen LogP contribution >= 0.6 is 24.8 Å². The summed E-state index contributed by atoms with van der Waals surface area (Å²) in [4.78, 5) is 4.09. The number of halogens is 2. The van der Waals surface area contributed by atoms with Crippen LogP contribution < -0.4 is 4.00 Å². The van der Waals surface area contributed by atoms with Gasteiger partial charge in [-0.3, -0.25) is 0 Å². The standard InChI is InChI=1S/C8H6N.C5H5.2C4H9.C3H6.4CH3.2ClH.Ti/c1-2-4-8-7(3-1)5-6-9-8;1-2-4-5-3-1;2*1-4(2)3;1-3-2;;;;;;;/h1-5,9H;1-3H,4H2;2*1-3H3;1-2H3;4*1H3;2*1H;. The maximum absolute atomic E-state index is 6.17. The van der Waals surface area contributed by atoms with Gasteiger partial charge in [-0.25, -0.2) is 0 Å². The van der Waals surface area contributed by atoms with Gasteiger partial charge >= 0.3 is 176 Å². The van der Waals surface area contributed by atoms with Crippen molar-refractivity contribution in [1.82, 2.24) is 4.98 Å². The molecule has 1 aromatic heterocycles. The van der Waals surface area contributed by atoms with Gasteiger partial charge in [0.05, 0.1) is 0 Å². The van der Waals surface area contributed by atoms with E-state index in [9.17, 15) is 0 Å². The quantitative estimate of drug-likeness (QED) is 0.381. The molecule has 2 aromatic rings. The summed E-state index contributed by atoms with van der Waals surface area (Å²) in [6, 6.07) is 11.3. The topological polar surface area (TPSA) is 15.8 Å². The van der Waals surface area contributed by atoms with Gasteiger partial charge in [-0.15, -0.1) is 24.8 Å². The second-order valence-corrected chi connectivity index (χ2v) is 55.3. The van der Waals surface area contributed by atoms with Crippen molar-refractivity contribution >= 4 is 43.5 Å². The first-order valence-electron chi connectivity index (χ1n) is 11.9. The number of rotatable bonds is 2. The van der Waals surface area contributed by atoms with Crippen LogP contribution in [0.25, 0.3) is 10.9 Å². The van der Waals surface area contributed by atoms with Gasteiger partial charge in [-0.05, 0) is 0 Å². The summed E-state index contributed by atoms with van der Waals surface area (Å²) in [6.45, 7) is 19.9. The third kappa shape index (κ3) is 1.61. The van der Waals surface area contributed by atoms with Crippen molar-refractivity contribution in [3.63, 3.8) is 0 Å². The third-order valence-electron chi connectivity index (χ3n) is 17.8. The van der Waals surface area contributed by atoms with Gasteiger partial charge < -0.3 is 0 Å². The molecule has 0 unspecified atom stereocenters. The number of aromatic amines is 1. The SMILES string of the molecule is C[C](C)=[Ti]([CH3])([CH3])([CH3])([CH3])([C]1=CC=CC1)([c]1cc2ccccc2[nH]1)([C](C)(C)C)[C](C)(C)C.Cl.Cl. The molecule has 1 N–H and O–H groups in total. The van der Waals surface area contributed by atoms with Gasteiger partial charge in [0.2, 0.25) is 0 Å². The molecule has 0 aliphatic heterocycles. The molecule has 0 saturated carbocycles.